The van der Waals surface area contributed by atoms with Gasteiger partial charge in [0.05, 0.1) is 30.4 Å². The Morgan fingerprint density at radius 2 is 2.03 bits per heavy atom. The minimum Gasteiger partial charge on any atom is -0.493 e. The molecule has 30 heavy (non-hydrogen) atoms. The number of hydrogen-bond donors (Lipinski definition) is 1. The molecule has 0 radical (unpaired) electrons. The van der Waals surface area contributed by atoms with Gasteiger partial charge in [0.1, 0.15) is 10.7 Å². The van der Waals surface area contributed by atoms with Crippen LogP contribution in [0.1, 0.15) is 16.2 Å². The van der Waals surface area contributed by atoms with Crippen LogP contribution in [0.2, 0.25) is 0 Å². The molecule has 4 rings (SSSR count). The monoisotopic (exact) mass is 441 g/mol. The van der Waals surface area contributed by atoms with Crippen LogP contribution in [0.5, 0.6) is 11.5 Å². The average Bonchev–Trinajstić information content (AvgIpc) is 3.47. The standard InChI is InChI=1S/C20H19N5O3S2/c1-11-16(17-21-8-9-25(17)2)30-20(22-11)24-18(26)13-10-29-19(23-13)12-6-5-7-14(27-3)15(12)28-4/h5-10H,1-4H3,(H,22,24,26). The first-order valence-corrected chi connectivity index (χ1v) is 10.6. The summed E-state index contributed by atoms with van der Waals surface area (Å²) in [5.74, 6) is 1.68. The topological polar surface area (TPSA) is 91.2 Å². The number of amides is 1. The second-order valence-corrected chi connectivity index (χ2v) is 8.19. The van der Waals surface area contributed by atoms with Gasteiger partial charge in [-0.05, 0) is 19.1 Å². The summed E-state index contributed by atoms with van der Waals surface area (Å²) in [4.78, 5) is 26.9. The zero-order chi connectivity index (χ0) is 21.3. The molecule has 0 saturated heterocycles. The van der Waals surface area contributed by atoms with Crippen LogP contribution in [-0.4, -0.2) is 39.6 Å². The van der Waals surface area contributed by atoms with Crippen molar-refractivity contribution < 1.29 is 14.3 Å². The molecule has 1 amide bonds. The number of para-hydroxylation sites is 1. The normalized spacial score (nSPS) is 10.8. The van der Waals surface area contributed by atoms with E-state index in [0.717, 1.165) is 22.0 Å². The van der Waals surface area contributed by atoms with Gasteiger partial charge in [0.15, 0.2) is 22.5 Å². The molecule has 0 bridgehead atoms. The fourth-order valence-corrected chi connectivity index (χ4v) is 4.78. The summed E-state index contributed by atoms with van der Waals surface area (Å²) >= 11 is 2.74. The van der Waals surface area contributed by atoms with Crippen LogP contribution < -0.4 is 14.8 Å². The lowest BCUT2D eigenvalue weighted by molar-refractivity contribution is 0.102. The Balaban J connectivity index is 1.57. The van der Waals surface area contributed by atoms with Crippen molar-refractivity contribution in [2.24, 2.45) is 7.05 Å². The van der Waals surface area contributed by atoms with Gasteiger partial charge in [-0.3, -0.25) is 10.1 Å². The Hall–Kier alpha value is -3.24. The summed E-state index contributed by atoms with van der Waals surface area (Å²) in [6, 6.07) is 5.55. The molecular weight excluding hydrogens is 422 g/mol. The lowest BCUT2D eigenvalue weighted by Crippen LogP contribution is -2.12. The van der Waals surface area contributed by atoms with Crippen molar-refractivity contribution in [3.8, 4) is 32.8 Å². The molecule has 0 aliphatic heterocycles. The third-order valence-corrected chi connectivity index (χ3v) is 6.36. The van der Waals surface area contributed by atoms with Crippen LogP contribution in [0.15, 0.2) is 36.0 Å². The number of aryl methyl sites for hydroxylation is 2. The Bertz CT molecular complexity index is 1210. The third-order valence-electron chi connectivity index (χ3n) is 4.41. The highest BCUT2D eigenvalue weighted by Crippen LogP contribution is 2.39. The maximum absolute atomic E-state index is 12.7. The summed E-state index contributed by atoms with van der Waals surface area (Å²) in [5.41, 5.74) is 1.89. The van der Waals surface area contributed by atoms with Crippen LogP contribution in [-0.2, 0) is 7.05 Å². The maximum Gasteiger partial charge on any atom is 0.276 e. The summed E-state index contributed by atoms with van der Waals surface area (Å²) in [6.07, 6.45) is 3.60. The largest absolute Gasteiger partial charge is 0.493 e. The molecule has 4 aromatic rings. The Kier molecular flexibility index (Phi) is 5.51. The van der Waals surface area contributed by atoms with Gasteiger partial charge in [0, 0.05) is 24.8 Å². The van der Waals surface area contributed by atoms with Crippen LogP contribution >= 0.6 is 22.7 Å². The van der Waals surface area contributed by atoms with Crippen molar-refractivity contribution in [3.63, 3.8) is 0 Å². The van der Waals surface area contributed by atoms with E-state index in [1.807, 2.05) is 42.9 Å². The summed E-state index contributed by atoms with van der Waals surface area (Å²) < 4.78 is 12.7. The quantitative estimate of drug-likeness (QED) is 0.481. The minimum atomic E-state index is -0.320. The number of aromatic nitrogens is 4. The number of imidazole rings is 1. The van der Waals surface area contributed by atoms with E-state index in [9.17, 15) is 4.79 Å². The number of methoxy groups -OCH3 is 2. The number of carbonyl (C=O) groups excluding carboxylic acids is 1. The summed E-state index contributed by atoms with van der Waals surface area (Å²) in [6.45, 7) is 1.90. The fourth-order valence-electron chi connectivity index (χ4n) is 2.96. The molecule has 0 atom stereocenters. The first-order valence-electron chi connectivity index (χ1n) is 8.95. The number of carbonyl (C=O) groups is 1. The molecule has 8 nitrogen and oxygen atoms in total. The first-order chi connectivity index (χ1) is 14.5. The lowest BCUT2D eigenvalue weighted by Gasteiger charge is -2.10. The number of benzene rings is 1. The molecule has 154 valence electrons. The molecule has 0 saturated carbocycles. The zero-order valence-corrected chi connectivity index (χ0v) is 18.4. The molecule has 0 unspecified atom stereocenters. The van der Waals surface area contributed by atoms with Crippen molar-refractivity contribution in [3.05, 3.63) is 47.4 Å². The van der Waals surface area contributed by atoms with E-state index in [1.54, 1.807) is 25.8 Å². The number of rotatable bonds is 6. The fraction of sp³-hybridized carbons (Fsp3) is 0.200. The molecule has 0 aliphatic rings. The molecule has 0 fully saturated rings. The van der Waals surface area contributed by atoms with Gasteiger partial charge in [0.25, 0.3) is 5.91 Å². The SMILES string of the molecule is COc1cccc(-c2nc(C(=O)Nc3nc(C)c(-c4nccn4C)s3)cs2)c1OC. The van der Waals surface area contributed by atoms with Crippen LogP contribution in [0, 0.1) is 6.92 Å². The molecule has 3 heterocycles. The van der Waals surface area contributed by atoms with E-state index in [-0.39, 0.29) is 5.91 Å². The predicted molar refractivity (Wildman–Crippen MR) is 118 cm³/mol. The Morgan fingerprint density at radius 3 is 2.73 bits per heavy atom. The molecule has 10 heteroatoms. The van der Waals surface area contributed by atoms with Crippen molar-refractivity contribution in [1.29, 1.82) is 0 Å². The smallest absolute Gasteiger partial charge is 0.276 e. The van der Waals surface area contributed by atoms with E-state index in [1.165, 1.54) is 22.7 Å². The third kappa shape index (κ3) is 3.66. The summed E-state index contributed by atoms with van der Waals surface area (Å²) in [5, 5.41) is 5.72. The highest BCUT2D eigenvalue weighted by atomic mass is 32.1. The van der Waals surface area contributed by atoms with E-state index in [2.05, 4.69) is 20.3 Å². The van der Waals surface area contributed by atoms with Gasteiger partial charge < -0.3 is 14.0 Å². The van der Waals surface area contributed by atoms with Gasteiger partial charge in [0.2, 0.25) is 0 Å². The summed E-state index contributed by atoms with van der Waals surface area (Å²) in [7, 11) is 5.08. The first kappa shape index (κ1) is 20.0. The number of thiazole rings is 2. The van der Waals surface area contributed by atoms with Crippen LogP contribution in [0.4, 0.5) is 5.13 Å². The number of anilines is 1. The van der Waals surface area contributed by atoms with Crippen molar-refractivity contribution in [1.82, 2.24) is 19.5 Å². The molecule has 1 aromatic carbocycles. The highest BCUT2D eigenvalue weighted by molar-refractivity contribution is 7.19. The van der Waals surface area contributed by atoms with Gasteiger partial charge in [-0.25, -0.2) is 15.0 Å². The molecule has 1 N–H and O–H groups in total. The molecule has 0 aliphatic carbocycles. The molecular formula is C20H19N5O3S2. The number of nitrogens with one attached hydrogen (secondary N) is 1. The number of nitrogens with zero attached hydrogens (tertiary/aromatic N) is 4. The molecule has 0 spiro atoms. The zero-order valence-electron chi connectivity index (χ0n) is 16.8. The Morgan fingerprint density at radius 1 is 1.20 bits per heavy atom. The highest BCUT2D eigenvalue weighted by Gasteiger charge is 2.19. The van der Waals surface area contributed by atoms with E-state index < -0.39 is 0 Å². The Labute approximate surface area is 181 Å². The predicted octanol–water partition coefficient (Wildman–Crippen LogP) is 4.25. The maximum atomic E-state index is 12.7. The van der Waals surface area contributed by atoms with Gasteiger partial charge in [-0.1, -0.05) is 17.4 Å². The second-order valence-electron chi connectivity index (χ2n) is 6.33. The van der Waals surface area contributed by atoms with Crippen LogP contribution in [0.25, 0.3) is 21.3 Å². The van der Waals surface area contributed by atoms with Crippen molar-refractivity contribution >= 4 is 33.7 Å². The van der Waals surface area contributed by atoms with E-state index in [0.29, 0.717) is 27.3 Å². The number of ether oxygens (including phenoxy) is 2. The lowest BCUT2D eigenvalue weighted by atomic mass is 10.2. The second kappa shape index (κ2) is 8.25. The van der Waals surface area contributed by atoms with Gasteiger partial charge in [-0.15, -0.1) is 11.3 Å². The van der Waals surface area contributed by atoms with Gasteiger partial charge in [-0.2, -0.15) is 0 Å². The van der Waals surface area contributed by atoms with Gasteiger partial charge >= 0.3 is 0 Å². The van der Waals surface area contributed by atoms with E-state index in [4.69, 9.17) is 9.47 Å². The van der Waals surface area contributed by atoms with Crippen molar-refractivity contribution in [2.75, 3.05) is 19.5 Å². The molecule has 3 aromatic heterocycles. The average molecular weight is 442 g/mol. The number of hydrogen-bond acceptors (Lipinski definition) is 8. The minimum absolute atomic E-state index is 0.311. The van der Waals surface area contributed by atoms with E-state index >= 15 is 0 Å². The van der Waals surface area contributed by atoms with Crippen molar-refractivity contribution in [2.45, 2.75) is 6.92 Å². The van der Waals surface area contributed by atoms with Crippen LogP contribution in [0.3, 0.4) is 0 Å².